The molecule has 0 saturated heterocycles. The molecular weight excluding hydrogens is 310 g/mol. The molecule has 0 aliphatic carbocycles. The predicted molar refractivity (Wildman–Crippen MR) is 93.0 cm³/mol. The highest BCUT2D eigenvalue weighted by Crippen LogP contribution is 2.28. The number of hydrogen-bond acceptors (Lipinski definition) is 5. The van der Waals surface area contributed by atoms with Crippen molar-refractivity contribution in [2.24, 2.45) is 0 Å². The van der Waals surface area contributed by atoms with Gasteiger partial charge in [0.15, 0.2) is 0 Å². The first kappa shape index (κ1) is 15.7. The molecule has 6 heteroatoms. The quantitative estimate of drug-likeness (QED) is 0.736. The molecule has 120 valence electrons. The van der Waals surface area contributed by atoms with Crippen molar-refractivity contribution in [3.8, 4) is 5.75 Å². The Kier molecular flexibility index (Phi) is 5.05. The van der Waals surface area contributed by atoms with Gasteiger partial charge in [-0.05, 0) is 54.3 Å². The second-order valence-corrected chi connectivity index (χ2v) is 6.10. The fourth-order valence-corrected chi connectivity index (χ4v) is 3.09. The molecule has 1 aliphatic rings. The first-order valence-corrected chi connectivity index (χ1v) is 8.26. The monoisotopic (exact) mass is 329 g/mol. The Morgan fingerprint density at radius 2 is 2.09 bits per heavy atom. The summed E-state index contributed by atoms with van der Waals surface area (Å²) in [6.07, 6.45) is 0.790. The van der Waals surface area contributed by atoms with E-state index in [0.717, 1.165) is 29.4 Å². The number of nitrogens with one attached hydrogen (secondary N) is 3. The van der Waals surface area contributed by atoms with Crippen molar-refractivity contribution in [2.75, 3.05) is 25.6 Å². The minimum absolute atomic E-state index is 0.0486. The van der Waals surface area contributed by atoms with Gasteiger partial charge in [-0.3, -0.25) is 4.79 Å². The topological polar surface area (TPSA) is 62.4 Å². The van der Waals surface area contributed by atoms with Crippen LogP contribution in [0.15, 0.2) is 47.4 Å². The summed E-state index contributed by atoms with van der Waals surface area (Å²) in [6.45, 7) is 1.33. The average molecular weight is 329 g/mol. The lowest BCUT2D eigenvalue weighted by molar-refractivity contribution is 0.0954. The molecule has 0 aromatic heterocycles. The molecule has 1 heterocycles. The number of carbonyl (C=O) groups excluding carboxylic acids is 1. The normalized spacial score (nSPS) is 12.9. The second kappa shape index (κ2) is 7.39. The van der Waals surface area contributed by atoms with E-state index in [0.29, 0.717) is 12.1 Å². The molecule has 1 aliphatic heterocycles. The fourth-order valence-electron chi connectivity index (χ4n) is 2.35. The molecule has 2 aromatic rings. The van der Waals surface area contributed by atoms with Gasteiger partial charge in [-0.1, -0.05) is 12.1 Å². The molecule has 0 fully saturated rings. The highest BCUT2D eigenvalue weighted by molar-refractivity contribution is 7.97. The minimum atomic E-state index is -0.0486. The number of ether oxygens (including phenoxy) is 1. The molecule has 0 radical (unpaired) electrons. The van der Waals surface area contributed by atoms with E-state index in [4.69, 9.17) is 4.74 Å². The minimum Gasteiger partial charge on any atom is -0.497 e. The van der Waals surface area contributed by atoms with E-state index >= 15 is 0 Å². The Labute approximate surface area is 139 Å². The summed E-state index contributed by atoms with van der Waals surface area (Å²) in [7, 11) is 1.65. The number of benzene rings is 2. The van der Waals surface area contributed by atoms with Crippen molar-refractivity contribution in [3.63, 3.8) is 0 Å². The first-order valence-electron chi connectivity index (χ1n) is 7.45. The Morgan fingerprint density at radius 1 is 1.26 bits per heavy atom. The van der Waals surface area contributed by atoms with E-state index in [1.807, 2.05) is 42.5 Å². The highest BCUT2D eigenvalue weighted by atomic mass is 32.2. The van der Waals surface area contributed by atoms with Crippen LogP contribution in [0.3, 0.4) is 0 Å². The van der Waals surface area contributed by atoms with Crippen LogP contribution >= 0.6 is 11.9 Å². The zero-order valence-electron chi connectivity index (χ0n) is 12.9. The molecule has 2 aromatic carbocycles. The maximum Gasteiger partial charge on any atom is 0.251 e. The van der Waals surface area contributed by atoms with Gasteiger partial charge in [0.2, 0.25) is 0 Å². The van der Waals surface area contributed by atoms with Crippen molar-refractivity contribution in [2.45, 2.75) is 11.3 Å². The van der Waals surface area contributed by atoms with Crippen LogP contribution in [0.2, 0.25) is 0 Å². The highest BCUT2D eigenvalue weighted by Gasteiger charge is 2.12. The van der Waals surface area contributed by atoms with Crippen LogP contribution < -0.4 is 20.1 Å². The lowest BCUT2D eigenvalue weighted by atomic mass is 10.1. The van der Waals surface area contributed by atoms with Crippen LogP contribution in [0.1, 0.15) is 15.9 Å². The number of carbonyl (C=O) groups is 1. The molecule has 0 atom stereocenters. The SMILES string of the molecule is COc1ccc(CCNC(=O)c2ccc3c(c2)SNCN3)cc1. The van der Waals surface area contributed by atoms with E-state index in [9.17, 15) is 4.79 Å². The predicted octanol–water partition coefficient (Wildman–Crippen LogP) is 2.65. The third-order valence-electron chi connectivity index (χ3n) is 3.64. The maximum absolute atomic E-state index is 12.2. The summed E-state index contributed by atoms with van der Waals surface area (Å²) in [5.41, 5.74) is 2.90. The van der Waals surface area contributed by atoms with Crippen LogP contribution in [0.4, 0.5) is 5.69 Å². The Hall–Kier alpha value is -2.18. The third kappa shape index (κ3) is 3.97. The summed E-state index contributed by atoms with van der Waals surface area (Å²) in [6, 6.07) is 13.6. The molecule has 3 N–H and O–H groups in total. The number of anilines is 1. The van der Waals surface area contributed by atoms with E-state index in [1.165, 1.54) is 5.56 Å². The molecule has 23 heavy (non-hydrogen) atoms. The summed E-state index contributed by atoms with van der Waals surface area (Å²) in [4.78, 5) is 13.3. The van der Waals surface area contributed by atoms with Crippen LogP contribution in [0.25, 0.3) is 0 Å². The molecular formula is C17H19N3O2S. The Bertz CT molecular complexity index is 689. The largest absolute Gasteiger partial charge is 0.497 e. The van der Waals surface area contributed by atoms with Crippen LogP contribution in [-0.2, 0) is 6.42 Å². The summed E-state index contributed by atoms with van der Waals surface area (Å²) in [5.74, 6) is 0.791. The van der Waals surface area contributed by atoms with Gasteiger partial charge in [-0.2, -0.15) is 0 Å². The van der Waals surface area contributed by atoms with Gasteiger partial charge < -0.3 is 15.4 Å². The van der Waals surface area contributed by atoms with Gasteiger partial charge in [-0.25, -0.2) is 4.72 Å². The molecule has 3 rings (SSSR count). The van der Waals surface area contributed by atoms with Gasteiger partial charge in [0.1, 0.15) is 5.75 Å². The van der Waals surface area contributed by atoms with Gasteiger partial charge in [0.05, 0.1) is 19.5 Å². The lowest BCUT2D eigenvalue weighted by Gasteiger charge is -2.18. The van der Waals surface area contributed by atoms with Crippen molar-refractivity contribution >= 4 is 23.5 Å². The zero-order valence-corrected chi connectivity index (χ0v) is 13.7. The summed E-state index contributed by atoms with van der Waals surface area (Å²) in [5, 5.41) is 6.19. The van der Waals surface area contributed by atoms with Gasteiger partial charge in [0.25, 0.3) is 5.91 Å². The molecule has 5 nitrogen and oxygen atoms in total. The van der Waals surface area contributed by atoms with Crippen LogP contribution in [0.5, 0.6) is 5.75 Å². The number of hydrogen-bond donors (Lipinski definition) is 3. The number of methoxy groups -OCH3 is 1. The zero-order chi connectivity index (χ0) is 16.1. The van der Waals surface area contributed by atoms with E-state index in [2.05, 4.69) is 15.4 Å². The number of fused-ring (bicyclic) bond motifs is 1. The second-order valence-electron chi connectivity index (χ2n) is 5.16. The number of rotatable bonds is 5. The molecule has 1 amide bonds. The van der Waals surface area contributed by atoms with Crippen LogP contribution in [-0.4, -0.2) is 26.2 Å². The molecule has 0 bridgehead atoms. The molecule has 0 unspecified atom stereocenters. The van der Waals surface area contributed by atoms with Gasteiger partial charge in [-0.15, -0.1) is 0 Å². The van der Waals surface area contributed by atoms with E-state index in [1.54, 1.807) is 19.1 Å². The van der Waals surface area contributed by atoms with E-state index < -0.39 is 0 Å². The van der Waals surface area contributed by atoms with Crippen LogP contribution in [0, 0.1) is 0 Å². The Balaban J connectivity index is 1.54. The van der Waals surface area contributed by atoms with Gasteiger partial charge in [0, 0.05) is 17.0 Å². The summed E-state index contributed by atoms with van der Waals surface area (Å²) < 4.78 is 8.28. The van der Waals surface area contributed by atoms with E-state index in [-0.39, 0.29) is 5.91 Å². The maximum atomic E-state index is 12.2. The van der Waals surface area contributed by atoms with Gasteiger partial charge >= 0.3 is 0 Å². The Morgan fingerprint density at radius 3 is 2.87 bits per heavy atom. The summed E-state index contributed by atoms with van der Waals surface area (Å²) >= 11 is 1.54. The first-order chi connectivity index (χ1) is 11.3. The van der Waals surface area contributed by atoms with Crippen molar-refractivity contribution in [1.29, 1.82) is 0 Å². The van der Waals surface area contributed by atoms with Crippen molar-refractivity contribution in [3.05, 3.63) is 53.6 Å². The molecule has 0 spiro atoms. The third-order valence-corrected chi connectivity index (χ3v) is 4.48. The van der Waals surface area contributed by atoms with Crippen molar-refractivity contribution < 1.29 is 9.53 Å². The standard InChI is InChI=1S/C17H19N3O2S/c1-22-14-5-2-12(3-6-14)8-9-18-17(21)13-4-7-15-16(10-13)23-20-11-19-15/h2-7,10,19-20H,8-9,11H2,1H3,(H,18,21). The number of amides is 1. The van der Waals surface area contributed by atoms with Crippen molar-refractivity contribution in [1.82, 2.24) is 10.0 Å². The fraction of sp³-hybridized carbons (Fsp3) is 0.235. The lowest BCUT2D eigenvalue weighted by Crippen LogP contribution is -2.26. The molecule has 0 saturated carbocycles. The smallest absolute Gasteiger partial charge is 0.251 e. The average Bonchev–Trinajstić information content (AvgIpc) is 2.61.